The maximum Gasteiger partial charge on any atom is 0.311 e. The molecule has 50 heavy (non-hydrogen) atoms. The molecule has 1 aromatic rings. The first kappa shape index (κ1) is 42.5. The predicted molar refractivity (Wildman–Crippen MR) is 192 cm³/mol. The zero-order valence-electron chi connectivity index (χ0n) is 32.3. The van der Waals surface area contributed by atoms with Crippen molar-refractivity contribution >= 4 is 11.8 Å². The third-order valence-corrected chi connectivity index (χ3v) is 11.6. The number of nitrogens with zero attached hydrogens (tertiary/aromatic N) is 1. The zero-order chi connectivity index (χ0) is 37.6. The van der Waals surface area contributed by atoms with Crippen LogP contribution in [-0.2, 0) is 35.1 Å². The van der Waals surface area contributed by atoms with Crippen molar-refractivity contribution in [2.45, 2.75) is 142 Å². The van der Waals surface area contributed by atoms with Crippen LogP contribution >= 0.6 is 0 Å². The fourth-order valence-electron chi connectivity index (χ4n) is 8.31. The van der Waals surface area contributed by atoms with Crippen LogP contribution < -0.4 is 5.32 Å². The van der Waals surface area contributed by atoms with E-state index in [9.17, 15) is 24.9 Å². The summed E-state index contributed by atoms with van der Waals surface area (Å²) in [5, 5.41) is 38.8. The standard InChI is InChI=1S/C39H66N2O9/c1-12-31-39(8,46)29(18-19-40-22-28-16-14-13-15-17-28)25(4)32(42)23(2)21-38(7,47-11)35(26(5)33(43)27(6)36(45)49-31)50-37-34(44)30(41(9)10)20-24(3)48-37/h13-17,23-27,29-31,33-35,37,40,43-44,46H,12,18-22H2,1-11H3/t23-,24-,25?,26+,27-,29-,30+,31-,33+,34-,35-,37+,38-,39+/m1/s1. The maximum absolute atomic E-state index is 14.4. The van der Waals surface area contributed by atoms with E-state index in [0.717, 1.165) is 5.56 Å². The lowest BCUT2D eigenvalue weighted by Crippen LogP contribution is -2.60. The number of benzene rings is 1. The van der Waals surface area contributed by atoms with Crippen molar-refractivity contribution in [3.05, 3.63) is 35.9 Å². The summed E-state index contributed by atoms with van der Waals surface area (Å²) in [6, 6.07) is 9.77. The molecule has 0 amide bonds. The van der Waals surface area contributed by atoms with E-state index in [0.29, 0.717) is 32.4 Å². The molecule has 0 saturated carbocycles. The van der Waals surface area contributed by atoms with Gasteiger partial charge in [0.05, 0.1) is 29.8 Å². The van der Waals surface area contributed by atoms with Gasteiger partial charge in [0.15, 0.2) is 6.29 Å². The molecule has 11 nitrogen and oxygen atoms in total. The fourth-order valence-corrected chi connectivity index (χ4v) is 8.31. The first-order valence-corrected chi connectivity index (χ1v) is 18.5. The highest BCUT2D eigenvalue weighted by atomic mass is 16.7. The van der Waals surface area contributed by atoms with Crippen LogP contribution in [0.1, 0.15) is 86.6 Å². The summed E-state index contributed by atoms with van der Waals surface area (Å²) < 4.78 is 25.0. The third-order valence-electron chi connectivity index (χ3n) is 11.6. The Bertz CT molecular complexity index is 1220. The van der Waals surface area contributed by atoms with Gasteiger partial charge in [0.1, 0.15) is 23.6 Å². The van der Waals surface area contributed by atoms with Gasteiger partial charge in [-0.05, 0) is 79.6 Å². The van der Waals surface area contributed by atoms with Crippen molar-refractivity contribution in [2.24, 2.45) is 29.6 Å². The number of carbonyl (C=O) groups is 2. The second-order valence-electron chi connectivity index (χ2n) is 15.7. The average molecular weight is 707 g/mol. The van der Waals surface area contributed by atoms with Crippen LogP contribution in [0.4, 0.5) is 0 Å². The molecule has 0 aliphatic carbocycles. The van der Waals surface area contributed by atoms with E-state index in [4.69, 9.17) is 18.9 Å². The monoisotopic (exact) mass is 706 g/mol. The van der Waals surface area contributed by atoms with Gasteiger partial charge >= 0.3 is 5.97 Å². The normalized spacial score (nSPS) is 41.1. The quantitative estimate of drug-likeness (QED) is 0.207. The molecule has 1 unspecified atom stereocenters. The second kappa shape index (κ2) is 18.2. The number of carbonyl (C=O) groups excluding carboxylic acids is 2. The van der Waals surface area contributed by atoms with Crippen LogP contribution in [0.2, 0.25) is 0 Å². The number of aliphatic hydroxyl groups is 3. The number of ketones is 1. The predicted octanol–water partition coefficient (Wildman–Crippen LogP) is 3.95. The number of cyclic esters (lactones) is 1. The number of ether oxygens (including phenoxy) is 4. The van der Waals surface area contributed by atoms with Crippen LogP contribution in [0.25, 0.3) is 0 Å². The Morgan fingerprint density at radius 2 is 1.64 bits per heavy atom. The van der Waals surface area contributed by atoms with Crippen molar-refractivity contribution in [1.82, 2.24) is 10.2 Å². The lowest BCUT2D eigenvalue weighted by Gasteiger charge is -2.48. The highest BCUT2D eigenvalue weighted by Gasteiger charge is 2.52. The summed E-state index contributed by atoms with van der Waals surface area (Å²) in [5.74, 6) is -4.12. The van der Waals surface area contributed by atoms with E-state index >= 15 is 0 Å². The smallest absolute Gasteiger partial charge is 0.311 e. The van der Waals surface area contributed by atoms with Gasteiger partial charge in [-0.3, -0.25) is 9.59 Å². The molecule has 3 rings (SSSR count). The van der Waals surface area contributed by atoms with E-state index in [1.165, 1.54) is 7.11 Å². The van der Waals surface area contributed by atoms with Gasteiger partial charge in [0.25, 0.3) is 0 Å². The summed E-state index contributed by atoms with van der Waals surface area (Å²) in [6.45, 7) is 15.5. The van der Waals surface area contributed by atoms with Crippen LogP contribution in [0.3, 0.4) is 0 Å². The van der Waals surface area contributed by atoms with E-state index in [-0.39, 0.29) is 24.3 Å². The molecule has 1 aromatic carbocycles. The van der Waals surface area contributed by atoms with Gasteiger partial charge in [-0.2, -0.15) is 0 Å². The minimum Gasteiger partial charge on any atom is -0.459 e. The van der Waals surface area contributed by atoms with Gasteiger partial charge in [-0.25, -0.2) is 0 Å². The zero-order valence-corrected chi connectivity index (χ0v) is 32.3. The second-order valence-corrected chi connectivity index (χ2v) is 15.7. The molecule has 11 heteroatoms. The molecule has 2 heterocycles. The minimum absolute atomic E-state index is 0.0598. The molecule has 0 radical (unpaired) electrons. The summed E-state index contributed by atoms with van der Waals surface area (Å²) in [5.41, 5.74) is -1.57. The van der Waals surface area contributed by atoms with Crippen molar-refractivity contribution in [2.75, 3.05) is 27.7 Å². The molecule has 14 atom stereocenters. The highest BCUT2D eigenvalue weighted by molar-refractivity contribution is 5.83. The summed E-state index contributed by atoms with van der Waals surface area (Å²) in [6.07, 6.45) is -3.72. The van der Waals surface area contributed by atoms with Gasteiger partial charge in [-0.1, -0.05) is 58.0 Å². The SMILES string of the molecule is CC[C@H]1OC(=O)[C@H](C)[C@@H](O)[C@H](C)[C@@H](O[C@@H]2O[C@H](C)C[C@H](N(C)C)[C@H]2O)[C@](C)(OC)C[C@@H](C)C(=O)C(C)[C@@H](CCNCc2ccccc2)[C@]1(C)O. The topological polar surface area (TPSA) is 147 Å². The third kappa shape index (κ3) is 9.92. The molecule has 286 valence electrons. The maximum atomic E-state index is 14.4. The molecule has 0 spiro atoms. The minimum atomic E-state index is -1.54. The van der Waals surface area contributed by atoms with Gasteiger partial charge in [-0.15, -0.1) is 0 Å². The first-order valence-electron chi connectivity index (χ1n) is 18.5. The molecule has 2 aliphatic heterocycles. The first-order chi connectivity index (χ1) is 23.4. The molecular weight excluding hydrogens is 640 g/mol. The molecule has 4 N–H and O–H groups in total. The number of methoxy groups -OCH3 is 1. The Labute approximate surface area is 300 Å². The molecule has 2 saturated heterocycles. The number of nitrogens with one attached hydrogen (secondary N) is 1. The largest absolute Gasteiger partial charge is 0.459 e. The van der Waals surface area contributed by atoms with Crippen LogP contribution in [0.5, 0.6) is 0 Å². The number of likely N-dealkylation sites (N-methyl/N-ethyl adjacent to an activating group) is 1. The highest BCUT2D eigenvalue weighted by Crippen LogP contribution is 2.41. The van der Waals surface area contributed by atoms with Crippen molar-refractivity contribution in [3.63, 3.8) is 0 Å². The number of aliphatic hydroxyl groups excluding tert-OH is 2. The van der Waals surface area contributed by atoms with Crippen molar-refractivity contribution in [1.29, 1.82) is 0 Å². The lowest BCUT2D eigenvalue weighted by atomic mass is 9.69. The van der Waals surface area contributed by atoms with Crippen LogP contribution in [0, 0.1) is 29.6 Å². The van der Waals surface area contributed by atoms with Gasteiger partial charge in [0, 0.05) is 43.4 Å². The van der Waals surface area contributed by atoms with Crippen LogP contribution in [-0.4, -0.2) is 114 Å². The summed E-state index contributed by atoms with van der Waals surface area (Å²) in [7, 11) is 5.33. The number of rotatable bonds is 10. The Balaban J connectivity index is 2.02. The lowest BCUT2D eigenvalue weighted by molar-refractivity contribution is -0.301. The molecule has 2 aliphatic rings. The molecule has 0 bridgehead atoms. The van der Waals surface area contributed by atoms with Gasteiger partial charge < -0.3 is 44.5 Å². The van der Waals surface area contributed by atoms with Crippen molar-refractivity contribution < 1.29 is 43.9 Å². The Morgan fingerprint density at radius 1 is 1.00 bits per heavy atom. The molecular formula is C39H66N2O9. The number of esters is 1. The van der Waals surface area contributed by atoms with Crippen molar-refractivity contribution in [3.8, 4) is 0 Å². The Kier molecular flexibility index (Phi) is 15.4. The van der Waals surface area contributed by atoms with E-state index in [1.54, 1.807) is 20.8 Å². The van der Waals surface area contributed by atoms with E-state index in [1.807, 2.05) is 83.9 Å². The molecule has 0 aromatic heterocycles. The summed E-state index contributed by atoms with van der Waals surface area (Å²) >= 11 is 0. The Hall–Kier alpha value is -1.96. The number of hydrogen-bond donors (Lipinski definition) is 4. The summed E-state index contributed by atoms with van der Waals surface area (Å²) in [4.78, 5) is 30.1. The van der Waals surface area contributed by atoms with E-state index < -0.39 is 77.5 Å². The van der Waals surface area contributed by atoms with E-state index in [2.05, 4.69) is 5.32 Å². The van der Waals surface area contributed by atoms with Crippen LogP contribution in [0.15, 0.2) is 30.3 Å². The number of hydrogen-bond acceptors (Lipinski definition) is 11. The fraction of sp³-hybridized carbons (Fsp3) is 0.795. The number of Topliss-reactive ketones (excluding diaryl/α,β-unsaturated/α-hetero) is 1. The molecule has 2 fully saturated rings. The average Bonchev–Trinajstić information content (AvgIpc) is 3.08. The Morgan fingerprint density at radius 3 is 2.22 bits per heavy atom. The van der Waals surface area contributed by atoms with Gasteiger partial charge in [0.2, 0.25) is 0 Å².